The molecule has 0 saturated carbocycles. The van der Waals surface area contributed by atoms with Gasteiger partial charge in [0, 0.05) is 13.0 Å². The number of esters is 1. The number of hydrogen-bond donors (Lipinski definition) is 2. The Labute approximate surface area is 75.7 Å². The summed E-state index contributed by atoms with van der Waals surface area (Å²) in [5, 5.41) is 15.0. The number of aromatic nitrogens is 2. The molecule has 0 aliphatic rings. The summed E-state index contributed by atoms with van der Waals surface area (Å²) in [6.45, 7) is 2.06. The van der Waals surface area contributed by atoms with E-state index in [9.17, 15) is 4.79 Å². The Balaban J connectivity index is 2.74. The van der Waals surface area contributed by atoms with Crippen molar-refractivity contribution in [2.45, 2.75) is 13.3 Å². The Kier molecular flexibility index (Phi) is 3.45. The van der Waals surface area contributed by atoms with Gasteiger partial charge in [-0.3, -0.25) is 5.10 Å². The molecule has 1 heterocycles. The monoisotopic (exact) mass is 184 g/mol. The summed E-state index contributed by atoms with van der Waals surface area (Å²) in [6.07, 6.45) is 1.79. The Hall–Kier alpha value is -1.36. The zero-order chi connectivity index (χ0) is 9.68. The molecule has 0 unspecified atom stereocenters. The van der Waals surface area contributed by atoms with Gasteiger partial charge in [0.15, 0.2) is 0 Å². The summed E-state index contributed by atoms with van der Waals surface area (Å²) in [6, 6.07) is 0. The molecule has 0 saturated heterocycles. The van der Waals surface area contributed by atoms with Gasteiger partial charge in [0.2, 0.25) is 0 Å². The number of aliphatic hydroxyl groups is 1. The highest BCUT2D eigenvalue weighted by Gasteiger charge is 2.13. The summed E-state index contributed by atoms with van der Waals surface area (Å²) < 4.78 is 4.79. The Bertz CT molecular complexity index is 283. The molecule has 72 valence electrons. The zero-order valence-corrected chi connectivity index (χ0v) is 7.41. The summed E-state index contributed by atoms with van der Waals surface area (Å²) in [5.74, 6) is -0.403. The number of ether oxygens (including phenoxy) is 1. The minimum atomic E-state index is -0.403. The number of hydrogen-bond acceptors (Lipinski definition) is 4. The highest BCUT2D eigenvalue weighted by molar-refractivity contribution is 5.90. The van der Waals surface area contributed by atoms with E-state index in [0.29, 0.717) is 24.3 Å². The lowest BCUT2D eigenvalue weighted by Crippen LogP contribution is -2.07. The lowest BCUT2D eigenvalue weighted by molar-refractivity contribution is 0.0525. The molecule has 0 aliphatic carbocycles. The smallest absolute Gasteiger partial charge is 0.341 e. The maximum atomic E-state index is 11.2. The van der Waals surface area contributed by atoms with E-state index in [1.165, 1.54) is 6.20 Å². The van der Waals surface area contributed by atoms with Crippen molar-refractivity contribution in [3.05, 3.63) is 17.5 Å². The third-order valence-electron chi connectivity index (χ3n) is 1.58. The Morgan fingerprint density at radius 3 is 3.15 bits per heavy atom. The number of H-pyrrole nitrogens is 1. The highest BCUT2D eigenvalue weighted by atomic mass is 16.5. The molecule has 1 rings (SSSR count). The summed E-state index contributed by atoms with van der Waals surface area (Å²) in [4.78, 5) is 11.2. The SMILES string of the molecule is CCOC(=O)c1cn[nH]c1CCO. The average molecular weight is 184 g/mol. The molecule has 0 bridgehead atoms. The number of aliphatic hydroxyl groups excluding tert-OH is 1. The van der Waals surface area contributed by atoms with Crippen LogP contribution in [-0.2, 0) is 11.2 Å². The van der Waals surface area contributed by atoms with Crippen molar-refractivity contribution in [2.24, 2.45) is 0 Å². The van der Waals surface area contributed by atoms with Gasteiger partial charge in [-0.05, 0) is 6.92 Å². The molecule has 0 aliphatic heterocycles. The number of nitrogens with one attached hydrogen (secondary N) is 1. The summed E-state index contributed by atoms with van der Waals surface area (Å²) >= 11 is 0. The lowest BCUT2D eigenvalue weighted by Gasteiger charge is -2.00. The van der Waals surface area contributed by atoms with E-state index in [2.05, 4.69) is 10.2 Å². The first kappa shape index (κ1) is 9.73. The van der Waals surface area contributed by atoms with Crippen molar-refractivity contribution >= 4 is 5.97 Å². The van der Waals surface area contributed by atoms with Crippen molar-refractivity contribution < 1.29 is 14.6 Å². The van der Waals surface area contributed by atoms with Crippen molar-refractivity contribution in [1.29, 1.82) is 0 Å². The molecule has 0 amide bonds. The maximum Gasteiger partial charge on any atom is 0.341 e. The molecule has 0 atom stereocenters. The maximum absolute atomic E-state index is 11.2. The second kappa shape index (κ2) is 4.61. The normalized spacial score (nSPS) is 10.0. The largest absolute Gasteiger partial charge is 0.462 e. The molecule has 2 N–H and O–H groups in total. The molecule has 0 fully saturated rings. The van der Waals surface area contributed by atoms with Crippen LogP contribution < -0.4 is 0 Å². The van der Waals surface area contributed by atoms with Gasteiger partial charge in [0.25, 0.3) is 0 Å². The molecule has 0 radical (unpaired) electrons. The van der Waals surface area contributed by atoms with E-state index in [0.717, 1.165) is 0 Å². The fourth-order valence-corrected chi connectivity index (χ4v) is 1.00. The van der Waals surface area contributed by atoms with E-state index in [1.54, 1.807) is 6.92 Å². The van der Waals surface area contributed by atoms with Gasteiger partial charge in [0.1, 0.15) is 5.56 Å². The van der Waals surface area contributed by atoms with Crippen LogP contribution in [0, 0.1) is 0 Å². The van der Waals surface area contributed by atoms with Gasteiger partial charge in [-0.2, -0.15) is 5.10 Å². The number of carbonyl (C=O) groups is 1. The molecule has 5 nitrogen and oxygen atoms in total. The first-order valence-corrected chi connectivity index (χ1v) is 4.09. The van der Waals surface area contributed by atoms with Crippen molar-refractivity contribution in [3.63, 3.8) is 0 Å². The molecule has 1 aromatic rings. The van der Waals surface area contributed by atoms with Crippen molar-refractivity contribution in [1.82, 2.24) is 10.2 Å². The number of nitrogens with zero attached hydrogens (tertiary/aromatic N) is 1. The Morgan fingerprint density at radius 1 is 1.77 bits per heavy atom. The van der Waals surface area contributed by atoms with Crippen LogP contribution in [-0.4, -0.2) is 34.5 Å². The van der Waals surface area contributed by atoms with Crippen LogP contribution in [0.1, 0.15) is 23.0 Å². The van der Waals surface area contributed by atoms with Crippen LogP contribution in [0.15, 0.2) is 6.20 Å². The zero-order valence-electron chi connectivity index (χ0n) is 7.41. The molecule has 0 spiro atoms. The average Bonchev–Trinajstić information content (AvgIpc) is 2.54. The molecule has 0 aromatic carbocycles. The fraction of sp³-hybridized carbons (Fsp3) is 0.500. The Morgan fingerprint density at radius 2 is 2.54 bits per heavy atom. The van der Waals surface area contributed by atoms with Crippen LogP contribution >= 0.6 is 0 Å². The van der Waals surface area contributed by atoms with Gasteiger partial charge < -0.3 is 9.84 Å². The first-order valence-electron chi connectivity index (χ1n) is 4.09. The van der Waals surface area contributed by atoms with Gasteiger partial charge >= 0.3 is 5.97 Å². The van der Waals surface area contributed by atoms with Crippen LogP contribution in [0.2, 0.25) is 0 Å². The fourth-order valence-electron chi connectivity index (χ4n) is 1.00. The number of aromatic amines is 1. The van der Waals surface area contributed by atoms with Gasteiger partial charge in [0.05, 0.1) is 18.5 Å². The highest BCUT2D eigenvalue weighted by Crippen LogP contribution is 2.06. The third-order valence-corrected chi connectivity index (χ3v) is 1.58. The van der Waals surface area contributed by atoms with E-state index < -0.39 is 5.97 Å². The molecule has 1 aromatic heterocycles. The predicted octanol–water partition coefficient (Wildman–Crippen LogP) is 0.121. The van der Waals surface area contributed by atoms with E-state index in [4.69, 9.17) is 9.84 Å². The van der Waals surface area contributed by atoms with Crippen LogP contribution in [0.5, 0.6) is 0 Å². The minimum Gasteiger partial charge on any atom is -0.462 e. The van der Waals surface area contributed by atoms with Crippen molar-refractivity contribution in [2.75, 3.05) is 13.2 Å². The van der Waals surface area contributed by atoms with E-state index >= 15 is 0 Å². The minimum absolute atomic E-state index is 0.0192. The molecular formula is C8H12N2O3. The predicted molar refractivity (Wildman–Crippen MR) is 45.3 cm³/mol. The molecule has 13 heavy (non-hydrogen) atoms. The van der Waals surface area contributed by atoms with Gasteiger partial charge in [-0.15, -0.1) is 0 Å². The van der Waals surface area contributed by atoms with Crippen LogP contribution in [0.3, 0.4) is 0 Å². The standard InChI is InChI=1S/C8H12N2O3/c1-2-13-8(12)6-5-9-10-7(6)3-4-11/h5,11H,2-4H2,1H3,(H,9,10). The van der Waals surface area contributed by atoms with Gasteiger partial charge in [-0.1, -0.05) is 0 Å². The first-order chi connectivity index (χ1) is 6.29. The van der Waals surface area contributed by atoms with Crippen LogP contribution in [0.25, 0.3) is 0 Å². The second-order valence-corrected chi connectivity index (χ2v) is 2.46. The van der Waals surface area contributed by atoms with Crippen molar-refractivity contribution in [3.8, 4) is 0 Å². The third kappa shape index (κ3) is 2.29. The lowest BCUT2D eigenvalue weighted by atomic mass is 10.2. The number of carbonyl (C=O) groups excluding carboxylic acids is 1. The molecule has 5 heteroatoms. The second-order valence-electron chi connectivity index (χ2n) is 2.46. The molecular weight excluding hydrogens is 172 g/mol. The van der Waals surface area contributed by atoms with E-state index in [-0.39, 0.29) is 6.61 Å². The number of rotatable bonds is 4. The van der Waals surface area contributed by atoms with E-state index in [1.807, 2.05) is 0 Å². The summed E-state index contributed by atoms with van der Waals surface area (Å²) in [5.41, 5.74) is 1.01. The topological polar surface area (TPSA) is 75.2 Å². The quantitative estimate of drug-likeness (QED) is 0.652. The summed E-state index contributed by atoms with van der Waals surface area (Å²) in [7, 11) is 0. The van der Waals surface area contributed by atoms with Crippen LogP contribution in [0.4, 0.5) is 0 Å². The van der Waals surface area contributed by atoms with Gasteiger partial charge in [-0.25, -0.2) is 4.79 Å².